The molecule has 1 amide bonds. The molecule has 0 aliphatic carbocycles. The number of anilines is 2. The third-order valence-corrected chi connectivity index (χ3v) is 13.1. The molecule has 0 radical (unpaired) electrons. The normalized spacial score (nSPS) is 15.4. The monoisotopic (exact) mass is 841 g/mol. The van der Waals surface area contributed by atoms with Crippen molar-refractivity contribution in [3.05, 3.63) is 92.0 Å². The maximum absolute atomic E-state index is 15.5. The molecular weight excluding hydrogens is 789 g/mol. The number of carbonyl (C=O) groups excluding carboxylic acids is 1. The van der Waals surface area contributed by atoms with Crippen LogP contribution in [0.3, 0.4) is 0 Å². The van der Waals surface area contributed by atoms with Gasteiger partial charge in [0.2, 0.25) is 0 Å². The van der Waals surface area contributed by atoms with Crippen molar-refractivity contribution in [1.29, 1.82) is 0 Å². The third kappa shape index (κ3) is 7.13. The number of aliphatic hydroxyl groups excluding tert-OH is 1. The van der Waals surface area contributed by atoms with Crippen LogP contribution < -0.4 is 14.5 Å². The second kappa shape index (κ2) is 15.9. The predicted molar refractivity (Wildman–Crippen MR) is 237 cm³/mol. The van der Waals surface area contributed by atoms with Gasteiger partial charge >= 0.3 is 5.97 Å². The Hall–Kier alpha value is -5.01. The van der Waals surface area contributed by atoms with E-state index in [1.807, 2.05) is 95.7 Å². The molecule has 3 aromatic carbocycles. The molecule has 7 rings (SSSR count). The number of benzene rings is 3. The zero-order valence-corrected chi connectivity index (χ0v) is 37.1. The Kier molecular flexibility index (Phi) is 11.3. The van der Waals surface area contributed by atoms with Crippen LogP contribution in [0.25, 0.3) is 32.9 Å². The number of aromatic carboxylic acids is 1. The molecule has 0 spiro atoms. The molecule has 1 aliphatic rings. The summed E-state index contributed by atoms with van der Waals surface area (Å²) in [7, 11) is 9.27. The number of hydrogen-bond acceptors (Lipinski definition) is 7. The van der Waals surface area contributed by atoms with Gasteiger partial charge in [0.25, 0.3) is 5.91 Å². The summed E-state index contributed by atoms with van der Waals surface area (Å²) in [5.41, 5.74) is 9.58. The molecule has 14 heteroatoms. The molecule has 1 unspecified atom stereocenters. The SMILES string of the molecule is Cc1cc(OCCCc2c3n(c4c(-c5c(C)nn(C)c5C)c(Cl)ccc24)[C@H](C)CN(c2cc(N(C)C(O)[C@H](C)N(C)C)cc4c(C(=O)O)cn(C)c24)C3=O)cc(C)c1Cl. The van der Waals surface area contributed by atoms with Crippen molar-refractivity contribution in [2.24, 2.45) is 14.1 Å². The van der Waals surface area contributed by atoms with Gasteiger partial charge in [-0.25, -0.2) is 4.79 Å². The Bertz CT molecular complexity index is 2640. The molecule has 3 atom stereocenters. The minimum Gasteiger partial charge on any atom is -0.494 e. The number of amides is 1. The summed E-state index contributed by atoms with van der Waals surface area (Å²) in [5, 5.41) is 29.2. The molecule has 59 heavy (non-hydrogen) atoms. The van der Waals surface area contributed by atoms with Gasteiger partial charge in [0.1, 0.15) is 17.7 Å². The van der Waals surface area contributed by atoms with E-state index in [1.54, 1.807) is 40.7 Å². The van der Waals surface area contributed by atoms with E-state index in [4.69, 9.17) is 33.0 Å². The maximum Gasteiger partial charge on any atom is 0.337 e. The van der Waals surface area contributed by atoms with Crippen molar-refractivity contribution in [2.45, 2.75) is 72.7 Å². The van der Waals surface area contributed by atoms with E-state index < -0.39 is 12.2 Å². The van der Waals surface area contributed by atoms with E-state index in [2.05, 4.69) is 11.5 Å². The number of hydrogen-bond donors (Lipinski definition) is 2. The Labute approximate surface area is 355 Å². The summed E-state index contributed by atoms with van der Waals surface area (Å²) in [4.78, 5) is 33.6. The minimum atomic E-state index is -1.08. The molecule has 12 nitrogen and oxygen atoms in total. The Morgan fingerprint density at radius 3 is 2.29 bits per heavy atom. The zero-order valence-electron chi connectivity index (χ0n) is 35.6. The van der Waals surface area contributed by atoms with E-state index in [-0.39, 0.29) is 30.1 Å². The molecule has 4 heterocycles. The topological polar surface area (TPSA) is 121 Å². The van der Waals surface area contributed by atoms with Gasteiger partial charge in [-0.3, -0.25) is 9.48 Å². The summed E-state index contributed by atoms with van der Waals surface area (Å²) in [6.45, 7) is 12.6. The van der Waals surface area contributed by atoms with E-state index in [9.17, 15) is 15.0 Å². The van der Waals surface area contributed by atoms with E-state index in [0.717, 1.165) is 60.9 Å². The van der Waals surface area contributed by atoms with Crippen LogP contribution in [0.2, 0.25) is 10.0 Å². The van der Waals surface area contributed by atoms with E-state index in [1.165, 1.54) is 0 Å². The van der Waals surface area contributed by atoms with Gasteiger partial charge in [0.05, 0.1) is 45.6 Å². The largest absolute Gasteiger partial charge is 0.494 e. The lowest BCUT2D eigenvalue weighted by atomic mass is 9.98. The van der Waals surface area contributed by atoms with Crippen LogP contribution in [-0.2, 0) is 20.5 Å². The highest BCUT2D eigenvalue weighted by Crippen LogP contribution is 2.46. The van der Waals surface area contributed by atoms with Crippen molar-refractivity contribution in [3.63, 3.8) is 0 Å². The van der Waals surface area contributed by atoms with Gasteiger partial charge in [-0.2, -0.15) is 5.10 Å². The molecule has 3 aromatic heterocycles. The van der Waals surface area contributed by atoms with Crippen LogP contribution >= 0.6 is 23.2 Å². The third-order valence-electron chi connectivity index (χ3n) is 12.2. The molecule has 1 aliphatic heterocycles. The summed E-state index contributed by atoms with van der Waals surface area (Å²) in [6.07, 6.45) is 1.80. The van der Waals surface area contributed by atoms with Crippen molar-refractivity contribution in [3.8, 4) is 16.9 Å². The number of halogens is 2. The first-order valence-electron chi connectivity index (χ1n) is 19.8. The molecule has 0 saturated heterocycles. The highest BCUT2D eigenvalue weighted by Gasteiger charge is 2.38. The van der Waals surface area contributed by atoms with Gasteiger partial charge in [-0.05, 0) is 116 Å². The zero-order chi connectivity index (χ0) is 42.9. The summed E-state index contributed by atoms with van der Waals surface area (Å²) >= 11 is 13.6. The Morgan fingerprint density at radius 2 is 1.68 bits per heavy atom. The fourth-order valence-corrected chi connectivity index (χ4v) is 9.12. The highest BCUT2D eigenvalue weighted by atomic mass is 35.5. The number of carbonyl (C=O) groups is 2. The molecule has 0 saturated carbocycles. The first kappa shape index (κ1) is 42.1. The number of fused-ring (bicyclic) bond motifs is 4. The van der Waals surface area contributed by atoms with Crippen LogP contribution in [0, 0.1) is 27.7 Å². The summed E-state index contributed by atoms with van der Waals surface area (Å²) in [5.74, 6) is -0.564. The number of rotatable bonds is 12. The highest BCUT2D eigenvalue weighted by molar-refractivity contribution is 6.35. The van der Waals surface area contributed by atoms with E-state index >= 15 is 4.79 Å². The fraction of sp³-hybridized carbons (Fsp3) is 0.400. The summed E-state index contributed by atoms with van der Waals surface area (Å²) in [6, 6.07) is 11.0. The number of aryl methyl sites for hydroxylation is 6. The smallest absolute Gasteiger partial charge is 0.337 e. The molecule has 312 valence electrons. The fourth-order valence-electron chi connectivity index (χ4n) is 8.77. The number of likely N-dealkylation sites (N-methyl/N-ethyl adjacent to an activating group) is 2. The minimum absolute atomic E-state index is 0.106. The van der Waals surface area contributed by atoms with Crippen molar-refractivity contribution in [2.75, 3.05) is 44.1 Å². The van der Waals surface area contributed by atoms with Gasteiger partial charge in [-0.1, -0.05) is 29.3 Å². The maximum atomic E-state index is 15.5. The number of ether oxygens (including phenoxy) is 1. The molecule has 2 N–H and O–H groups in total. The van der Waals surface area contributed by atoms with Crippen molar-refractivity contribution in [1.82, 2.24) is 23.8 Å². The number of carboxylic acid groups (broad SMARTS) is 1. The lowest BCUT2D eigenvalue weighted by Crippen LogP contribution is -2.47. The van der Waals surface area contributed by atoms with Crippen LogP contribution in [0.4, 0.5) is 11.4 Å². The van der Waals surface area contributed by atoms with Crippen molar-refractivity contribution >= 4 is 68.3 Å². The lowest BCUT2D eigenvalue weighted by Gasteiger charge is -2.37. The second-order valence-corrected chi connectivity index (χ2v) is 17.1. The second-order valence-electron chi connectivity index (χ2n) is 16.3. The molecule has 0 bridgehead atoms. The average molecular weight is 843 g/mol. The summed E-state index contributed by atoms with van der Waals surface area (Å²) < 4.78 is 12.0. The molecular formula is C45H53Cl2N7O5. The Morgan fingerprint density at radius 1 is 1.00 bits per heavy atom. The predicted octanol–water partition coefficient (Wildman–Crippen LogP) is 8.71. The average Bonchev–Trinajstić information content (AvgIpc) is 3.79. The lowest BCUT2D eigenvalue weighted by molar-refractivity contribution is 0.0698. The van der Waals surface area contributed by atoms with Gasteiger partial charge < -0.3 is 38.8 Å². The van der Waals surface area contributed by atoms with Crippen LogP contribution in [-0.4, -0.2) is 92.5 Å². The molecule has 6 aromatic rings. The first-order valence-corrected chi connectivity index (χ1v) is 20.6. The standard InChI is InChI=1S/C45H53Cl2N7O5/c1-23-17-30(18-24(2)39(23)47)59-16-12-13-31-32-14-15-35(46)38(37-26(4)48-52(11)27(37)5)41(32)54-25(3)21-53(44(56)42(31)54)36-20-29(51(10)43(55)28(6)49(7)8)19-33-34(45(57)58)22-50(9)40(33)36/h14-15,17-20,22,25,28,43,55H,12-13,16,21H2,1-11H3,(H,57,58)/t25-,28+,43?/m1/s1. The van der Waals surface area contributed by atoms with Gasteiger partial charge in [0, 0.05) is 78.2 Å². The van der Waals surface area contributed by atoms with Crippen LogP contribution in [0.5, 0.6) is 5.75 Å². The van der Waals surface area contributed by atoms with Crippen LogP contribution in [0.1, 0.15) is 75.2 Å². The number of carboxylic acids is 1. The van der Waals surface area contributed by atoms with Gasteiger partial charge in [0.15, 0.2) is 0 Å². The van der Waals surface area contributed by atoms with Crippen molar-refractivity contribution < 1.29 is 24.5 Å². The first-order chi connectivity index (χ1) is 27.8. The number of aromatic nitrogens is 4. The quantitative estimate of drug-likeness (QED) is 0.0928. The van der Waals surface area contributed by atoms with Gasteiger partial charge in [-0.15, -0.1) is 0 Å². The molecule has 0 fully saturated rings. The van der Waals surface area contributed by atoms with Crippen LogP contribution in [0.15, 0.2) is 42.6 Å². The number of nitrogens with zero attached hydrogens (tertiary/aromatic N) is 7. The van der Waals surface area contributed by atoms with E-state index in [0.29, 0.717) is 52.4 Å². The number of aliphatic hydroxyl groups is 1. The Balaban J connectivity index is 1.41.